The summed E-state index contributed by atoms with van der Waals surface area (Å²) in [5.74, 6) is 0.157. The summed E-state index contributed by atoms with van der Waals surface area (Å²) in [5.41, 5.74) is 2.61. The fraction of sp³-hybridized carbons (Fsp3) is 0.650. The predicted octanol–water partition coefficient (Wildman–Crippen LogP) is 2.46. The van der Waals surface area contributed by atoms with Crippen molar-refractivity contribution in [1.82, 2.24) is 15.1 Å². The molecule has 1 amide bonds. The van der Waals surface area contributed by atoms with Crippen LogP contribution in [0.25, 0.3) is 0 Å². The van der Waals surface area contributed by atoms with Crippen LogP contribution in [0.15, 0.2) is 24.3 Å². The Kier molecular flexibility index (Phi) is 7.73. The molecule has 0 radical (unpaired) electrons. The molecular weight excluding hydrogens is 298 g/mol. The molecule has 1 aliphatic heterocycles. The Labute approximate surface area is 147 Å². The lowest BCUT2D eigenvalue weighted by atomic mass is 10.0. The van der Waals surface area contributed by atoms with Gasteiger partial charge in [-0.3, -0.25) is 9.69 Å². The number of piperidine rings is 1. The maximum Gasteiger partial charge on any atom is 0.234 e. The first kappa shape index (κ1) is 18.9. The molecule has 4 heteroatoms. The van der Waals surface area contributed by atoms with Gasteiger partial charge < -0.3 is 10.2 Å². The van der Waals surface area contributed by atoms with Crippen LogP contribution in [-0.4, -0.2) is 61.0 Å². The minimum atomic E-state index is 0.157. The first-order valence-corrected chi connectivity index (χ1v) is 9.41. The van der Waals surface area contributed by atoms with E-state index < -0.39 is 0 Å². The molecule has 0 bridgehead atoms. The van der Waals surface area contributed by atoms with Crippen LogP contribution in [0, 0.1) is 6.92 Å². The van der Waals surface area contributed by atoms with Crippen molar-refractivity contribution >= 4 is 5.91 Å². The van der Waals surface area contributed by atoms with Gasteiger partial charge in [0.05, 0.1) is 6.54 Å². The molecule has 134 valence electrons. The van der Waals surface area contributed by atoms with E-state index in [1.165, 1.54) is 24.0 Å². The molecule has 24 heavy (non-hydrogen) atoms. The van der Waals surface area contributed by atoms with Crippen LogP contribution in [-0.2, 0) is 11.2 Å². The lowest BCUT2D eigenvalue weighted by molar-refractivity contribution is -0.122. The van der Waals surface area contributed by atoms with Crippen molar-refractivity contribution in [3.63, 3.8) is 0 Å². The Bertz CT molecular complexity index is 505. The zero-order valence-corrected chi connectivity index (χ0v) is 15.6. The topological polar surface area (TPSA) is 35.6 Å². The molecule has 1 saturated heterocycles. The maximum atomic E-state index is 12.2. The number of nitrogens with zero attached hydrogens (tertiary/aromatic N) is 2. The quantitative estimate of drug-likeness (QED) is 0.795. The highest BCUT2D eigenvalue weighted by molar-refractivity contribution is 5.78. The summed E-state index contributed by atoms with van der Waals surface area (Å²) in [6.45, 7) is 12.2. The van der Waals surface area contributed by atoms with E-state index >= 15 is 0 Å². The predicted molar refractivity (Wildman–Crippen MR) is 100 cm³/mol. The van der Waals surface area contributed by atoms with Crippen molar-refractivity contribution in [2.24, 2.45) is 0 Å². The number of nitrogens with one attached hydrogen (secondary N) is 1. The summed E-state index contributed by atoms with van der Waals surface area (Å²) < 4.78 is 0. The van der Waals surface area contributed by atoms with E-state index in [-0.39, 0.29) is 5.91 Å². The average molecular weight is 332 g/mol. The Morgan fingerprint density at radius 2 is 1.88 bits per heavy atom. The molecule has 4 nitrogen and oxygen atoms in total. The zero-order valence-electron chi connectivity index (χ0n) is 15.6. The van der Waals surface area contributed by atoms with Crippen molar-refractivity contribution < 1.29 is 4.79 Å². The van der Waals surface area contributed by atoms with Gasteiger partial charge in [-0.15, -0.1) is 0 Å². The fourth-order valence-electron chi connectivity index (χ4n) is 3.67. The van der Waals surface area contributed by atoms with E-state index in [2.05, 4.69) is 60.2 Å². The summed E-state index contributed by atoms with van der Waals surface area (Å²) in [5, 5.41) is 3.07. The van der Waals surface area contributed by atoms with Crippen LogP contribution in [0.2, 0.25) is 0 Å². The van der Waals surface area contributed by atoms with E-state index in [1.54, 1.807) is 0 Å². The monoisotopic (exact) mass is 331 g/mol. The first-order chi connectivity index (χ1) is 11.6. The number of rotatable bonds is 8. The van der Waals surface area contributed by atoms with Gasteiger partial charge in [-0.05, 0) is 50.4 Å². The van der Waals surface area contributed by atoms with Crippen molar-refractivity contribution in [2.45, 2.75) is 46.1 Å². The van der Waals surface area contributed by atoms with Gasteiger partial charge in [-0.2, -0.15) is 0 Å². The van der Waals surface area contributed by atoms with Gasteiger partial charge in [-0.25, -0.2) is 0 Å². The van der Waals surface area contributed by atoms with Crippen molar-refractivity contribution in [2.75, 3.05) is 39.3 Å². The van der Waals surface area contributed by atoms with E-state index in [0.717, 1.165) is 39.1 Å². The number of hydrogen-bond donors (Lipinski definition) is 1. The highest BCUT2D eigenvalue weighted by atomic mass is 16.2. The summed E-state index contributed by atoms with van der Waals surface area (Å²) >= 11 is 0. The van der Waals surface area contributed by atoms with Crippen molar-refractivity contribution in [3.05, 3.63) is 35.4 Å². The SMILES string of the molecule is CCN(CC)C1CCN(CC(=O)NCCc2ccccc2C)CC1. The summed E-state index contributed by atoms with van der Waals surface area (Å²) in [6, 6.07) is 9.07. The molecule has 0 saturated carbocycles. The molecule has 1 aromatic carbocycles. The van der Waals surface area contributed by atoms with Crippen LogP contribution < -0.4 is 5.32 Å². The summed E-state index contributed by atoms with van der Waals surface area (Å²) in [7, 11) is 0. The van der Waals surface area contributed by atoms with Crippen LogP contribution >= 0.6 is 0 Å². The minimum absolute atomic E-state index is 0.157. The number of carbonyl (C=O) groups excluding carboxylic acids is 1. The van der Waals surface area contributed by atoms with E-state index in [1.807, 2.05) is 0 Å². The van der Waals surface area contributed by atoms with Gasteiger partial charge >= 0.3 is 0 Å². The molecule has 0 aromatic heterocycles. The smallest absolute Gasteiger partial charge is 0.234 e. The number of benzene rings is 1. The molecule has 1 heterocycles. The van der Waals surface area contributed by atoms with Gasteiger partial charge in [0, 0.05) is 25.7 Å². The normalized spacial score (nSPS) is 16.5. The second-order valence-corrected chi connectivity index (χ2v) is 6.75. The maximum absolute atomic E-state index is 12.2. The molecule has 1 aromatic rings. The molecule has 2 rings (SSSR count). The molecular formula is C20H33N3O. The van der Waals surface area contributed by atoms with Gasteiger partial charge in [0.25, 0.3) is 0 Å². The van der Waals surface area contributed by atoms with Crippen LogP contribution in [0.5, 0.6) is 0 Å². The molecule has 1 fully saturated rings. The Morgan fingerprint density at radius 1 is 1.21 bits per heavy atom. The average Bonchev–Trinajstić information content (AvgIpc) is 2.59. The zero-order chi connectivity index (χ0) is 17.4. The van der Waals surface area contributed by atoms with Gasteiger partial charge in [0.1, 0.15) is 0 Å². The molecule has 0 aliphatic carbocycles. The lowest BCUT2D eigenvalue weighted by Crippen LogP contribution is -2.47. The highest BCUT2D eigenvalue weighted by Gasteiger charge is 2.23. The third kappa shape index (κ3) is 5.60. The molecule has 1 aliphatic rings. The molecule has 0 atom stereocenters. The fourth-order valence-corrected chi connectivity index (χ4v) is 3.67. The second-order valence-electron chi connectivity index (χ2n) is 6.75. The Morgan fingerprint density at radius 3 is 2.50 bits per heavy atom. The number of likely N-dealkylation sites (tertiary alicyclic amines) is 1. The third-order valence-electron chi connectivity index (χ3n) is 5.23. The first-order valence-electron chi connectivity index (χ1n) is 9.41. The van der Waals surface area contributed by atoms with Gasteiger partial charge in [-0.1, -0.05) is 38.1 Å². The van der Waals surface area contributed by atoms with Crippen LogP contribution in [0.3, 0.4) is 0 Å². The molecule has 1 N–H and O–H groups in total. The number of amides is 1. The minimum Gasteiger partial charge on any atom is -0.355 e. The molecule has 0 unspecified atom stereocenters. The number of aryl methyl sites for hydroxylation is 1. The Hall–Kier alpha value is -1.39. The van der Waals surface area contributed by atoms with Crippen molar-refractivity contribution in [1.29, 1.82) is 0 Å². The van der Waals surface area contributed by atoms with E-state index in [9.17, 15) is 4.79 Å². The summed E-state index contributed by atoms with van der Waals surface area (Å²) in [4.78, 5) is 17.0. The third-order valence-corrected chi connectivity index (χ3v) is 5.23. The van der Waals surface area contributed by atoms with Crippen LogP contribution in [0.1, 0.15) is 37.8 Å². The molecule has 0 spiro atoms. The second kappa shape index (κ2) is 9.80. The van der Waals surface area contributed by atoms with Gasteiger partial charge in [0.2, 0.25) is 5.91 Å². The lowest BCUT2D eigenvalue weighted by Gasteiger charge is -2.37. The summed E-state index contributed by atoms with van der Waals surface area (Å²) in [6.07, 6.45) is 3.26. The largest absolute Gasteiger partial charge is 0.355 e. The highest BCUT2D eigenvalue weighted by Crippen LogP contribution is 2.16. The van der Waals surface area contributed by atoms with Crippen LogP contribution in [0.4, 0.5) is 0 Å². The number of hydrogen-bond acceptors (Lipinski definition) is 3. The Balaban J connectivity index is 1.66. The number of carbonyl (C=O) groups is 1. The van der Waals surface area contributed by atoms with E-state index in [4.69, 9.17) is 0 Å². The van der Waals surface area contributed by atoms with E-state index in [0.29, 0.717) is 12.6 Å². The van der Waals surface area contributed by atoms with Gasteiger partial charge in [0.15, 0.2) is 0 Å². The standard InChI is InChI=1S/C20H33N3O/c1-4-23(5-2)19-11-14-22(15-12-19)16-20(24)21-13-10-18-9-7-6-8-17(18)3/h6-9,19H,4-5,10-16H2,1-3H3,(H,21,24). The van der Waals surface area contributed by atoms with Crippen molar-refractivity contribution in [3.8, 4) is 0 Å².